The molecule has 0 aromatic carbocycles. The Morgan fingerprint density at radius 1 is 1.54 bits per heavy atom. The van der Waals surface area contributed by atoms with Crippen LogP contribution in [0.3, 0.4) is 0 Å². The lowest BCUT2D eigenvalue weighted by molar-refractivity contribution is -0.116. The van der Waals surface area contributed by atoms with Crippen LogP contribution in [0, 0.1) is 6.92 Å². The molecular weight excluding hydrogens is 330 g/mol. The van der Waals surface area contributed by atoms with E-state index >= 15 is 0 Å². The van der Waals surface area contributed by atoms with Crippen LogP contribution in [0.25, 0.3) is 5.82 Å². The predicted molar refractivity (Wildman–Crippen MR) is 86.9 cm³/mol. The highest BCUT2D eigenvalue weighted by molar-refractivity contribution is 7.08. The fourth-order valence-corrected chi connectivity index (χ4v) is 3.75. The maximum atomic E-state index is 12.1. The van der Waals surface area contributed by atoms with Crippen molar-refractivity contribution in [3.8, 4) is 5.82 Å². The minimum absolute atomic E-state index is 0.0407. The normalized spacial score (nSPS) is 16.7. The second-order valence-corrected chi connectivity index (χ2v) is 6.42. The van der Waals surface area contributed by atoms with E-state index in [1.54, 1.807) is 17.6 Å². The van der Waals surface area contributed by atoms with Crippen molar-refractivity contribution >= 4 is 28.9 Å². The number of hydrogen-bond acceptors (Lipinski definition) is 5. The lowest BCUT2D eigenvalue weighted by Crippen LogP contribution is -2.25. The number of aryl methyl sites for hydroxylation is 1. The summed E-state index contributed by atoms with van der Waals surface area (Å²) in [5.74, 6) is -0.416. The molecule has 2 N–H and O–H groups in total. The molecule has 3 aromatic heterocycles. The summed E-state index contributed by atoms with van der Waals surface area (Å²) < 4.78 is 6.81. The molecule has 1 aliphatic heterocycles. The molecule has 0 saturated heterocycles. The molecule has 0 spiro atoms. The highest BCUT2D eigenvalue weighted by Crippen LogP contribution is 2.41. The zero-order valence-electron chi connectivity index (χ0n) is 12.6. The number of fused-ring (bicyclic) bond motifs is 1. The molecule has 4 heterocycles. The summed E-state index contributed by atoms with van der Waals surface area (Å²) in [6.45, 7) is 1.77. The van der Waals surface area contributed by atoms with Gasteiger partial charge in [0.1, 0.15) is 11.3 Å². The summed E-state index contributed by atoms with van der Waals surface area (Å²) in [6.07, 6.45) is 1.74. The van der Waals surface area contributed by atoms with Gasteiger partial charge in [-0.1, -0.05) is 5.16 Å². The molecule has 3 aromatic rings. The van der Waals surface area contributed by atoms with Gasteiger partial charge >= 0.3 is 5.97 Å². The van der Waals surface area contributed by atoms with E-state index in [9.17, 15) is 14.7 Å². The van der Waals surface area contributed by atoms with E-state index in [1.165, 1.54) is 17.5 Å². The summed E-state index contributed by atoms with van der Waals surface area (Å²) in [5.41, 5.74) is 2.06. The molecule has 0 saturated carbocycles. The number of aromatic carboxylic acids is 1. The fraction of sp³-hybridized carbons (Fsp3) is 0.188. The molecule has 1 atom stereocenters. The third kappa shape index (κ3) is 2.23. The van der Waals surface area contributed by atoms with Crippen LogP contribution >= 0.6 is 11.3 Å². The van der Waals surface area contributed by atoms with Gasteiger partial charge in [-0.05, 0) is 29.3 Å². The Hall–Kier alpha value is -2.87. The number of carbonyl (C=O) groups is 2. The van der Waals surface area contributed by atoms with Crippen molar-refractivity contribution in [1.29, 1.82) is 0 Å². The molecule has 24 heavy (non-hydrogen) atoms. The first kappa shape index (κ1) is 14.7. The van der Waals surface area contributed by atoms with Crippen LogP contribution in [-0.2, 0) is 4.79 Å². The van der Waals surface area contributed by atoms with Gasteiger partial charge in [-0.2, -0.15) is 11.3 Å². The van der Waals surface area contributed by atoms with Gasteiger partial charge in [0.15, 0.2) is 5.82 Å². The van der Waals surface area contributed by atoms with Crippen LogP contribution in [0.1, 0.15) is 39.7 Å². The third-order valence-corrected chi connectivity index (χ3v) is 4.77. The summed E-state index contributed by atoms with van der Waals surface area (Å²) in [4.78, 5) is 23.7. The Labute approximate surface area is 140 Å². The molecule has 122 valence electrons. The van der Waals surface area contributed by atoms with E-state index in [-0.39, 0.29) is 23.8 Å². The Bertz CT molecular complexity index is 939. The average Bonchev–Trinajstić information content (AvgIpc) is 3.24. The van der Waals surface area contributed by atoms with Crippen LogP contribution < -0.4 is 5.32 Å². The first-order valence-electron chi connectivity index (χ1n) is 7.28. The molecule has 0 unspecified atom stereocenters. The number of carbonyl (C=O) groups excluding carboxylic acids is 1. The number of amides is 1. The first-order chi connectivity index (χ1) is 11.5. The topological polar surface area (TPSA) is 97.4 Å². The molecule has 7 nitrogen and oxygen atoms in total. The summed E-state index contributed by atoms with van der Waals surface area (Å²) in [5, 5.41) is 20.1. The SMILES string of the molecule is Cc1cc(-n2cc(C(=O)O)c3c2[C@@H](c2ccsc2)CC(=O)N3)no1. The van der Waals surface area contributed by atoms with E-state index < -0.39 is 5.97 Å². The van der Waals surface area contributed by atoms with Gasteiger partial charge in [-0.25, -0.2) is 4.79 Å². The largest absolute Gasteiger partial charge is 0.478 e. The highest BCUT2D eigenvalue weighted by Gasteiger charge is 2.35. The van der Waals surface area contributed by atoms with Crippen LogP contribution in [0.4, 0.5) is 5.69 Å². The fourth-order valence-electron chi connectivity index (χ4n) is 3.04. The van der Waals surface area contributed by atoms with Gasteiger partial charge in [0.05, 0.1) is 11.4 Å². The van der Waals surface area contributed by atoms with E-state index in [4.69, 9.17) is 4.52 Å². The highest BCUT2D eigenvalue weighted by atomic mass is 32.1. The first-order valence-corrected chi connectivity index (χ1v) is 8.23. The van der Waals surface area contributed by atoms with Gasteiger partial charge in [0.25, 0.3) is 0 Å². The second-order valence-electron chi connectivity index (χ2n) is 5.64. The number of anilines is 1. The second kappa shape index (κ2) is 5.34. The van der Waals surface area contributed by atoms with Crippen LogP contribution in [0.15, 0.2) is 33.6 Å². The Kier molecular flexibility index (Phi) is 3.27. The molecule has 8 heteroatoms. The zero-order chi connectivity index (χ0) is 16.8. The van der Waals surface area contributed by atoms with Crippen molar-refractivity contribution in [2.75, 3.05) is 5.32 Å². The maximum absolute atomic E-state index is 12.1. The smallest absolute Gasteiger partial charge is 0.339 e. The molecule has 0 radical (unpaired) electrons. The van der Waals surface area contributed by atoms with E-state index in [1.807, 2.05) is 16.8 Å². The number of carboxylic acids is 1. The van der Waals surface area contributed by atoms with Crippen LogP contribution in [-0.4, -0.2) is 26.7 Å². The number of aromatic nitrogens is 2. The van der Waals surface area contributed by atoms with Crippen LogP contribution in [0.5, 0.6) is 0 Å². The van der Waals surface area contributed by atoms with Crippen molar-refractivity contribution in [2.45, 2.75) is 19.3 Å². The quantitative estimate of drug-likeness (QED) is 0.762. The molecule has 1 aliphatic rings. The summed E-state index contributed by atoms with van der Waals surface area (Å²) in [6, 6.07) is 3.68. The lowest BCUT2D eigenvalue weighted by atomic mass is 9.90. The molecule has 0 bridgehead atoms. The zero-order valence-corrected chi connectivity index (χ0v) is 13.5. The average molecular weight is 343 g/mol. The van der Waals surface area contributed by atoms with Gasteiger partial charge in [-0.15, -0.1) is 0 Å². The van der Waals surface area contributed by atoms with Crippen molar-refractivity contribution < 1.29 is 19.2 Å². The number of carboxylic acid groups (broad SMARTS) is 1. The standard InChI is InChI=1S/C16H13N3O4S/c1-8-4-12(18-23-8)19-6-11(16(21)22)14-15(19)10(5-13(20)17-14)9-2-3-24-7-9/h2-4,6-7,10H,5H2,1H3,(H,17,20)(H,21,22)/t10-/m1/s1. The Morgan fingerprint density at radius 2 is 2.38 bits per heavy atom. The van der Waals surface area contributed by atoms with Crippen molar-refractivity contribution in [2.24, 2.45) is 0 Å². The van der Waals surface area contributed by atoms with E-state index in [2.05, 4.69) is 10.5 Å². The van der Waals surface area contributed by atoms with Gasteiger partial charge in [0.2, 0.25) is 5.91 Å². The molecule has 0 aliphatic carbocycles. The van der Waals surface area contributed by atoms with Crippen molar-refractivity contribution in [3.63, 3.8) is 0 Å². The van der Waals surface area contributed by atoms with Gasteiger partial charge in [0, 0.05) is 24.6 Å². The summed E-state index contributed by atoms with van der Waals surface area (Å²) in [7, 11) is 0. The number of hydrogen-bond donors (Lipinski definition) is 2. The van der Waals surface area contributed by atoms with E-state index in [0.717, 1.165) is 5.56 Å². The summed E-state index contributed by atoms with van der Waals surface area (Å²) >= 11 is 1.54. The third-order valence-electron chi connectivity index (χ3n) is 4.07. The molecule has 0 fully saturated rings. The molecule has 1 amide bonds. The van der Waals surface area contributed by atoms with Gasteiger partial charge < -0.3 is 14.9 Å². The predicted octanol–water partition coefficient (Wildman–Crippen LogP) is 3.01. The minimum Gasteiger partial charge on any atom is -0.478 e. The Balaban J connectivity index is 1.98. The maximum Gasteiger partial charge on any atom is 0.339 e. The lowest BCUT2D eigenvalue weighted by Gasteiger charge is -2.24. The number of nitrogens with zero attached hydrogens (tertiary/aromatic N) is 2. The number of nitrogens with one attached hydrogen (secondary N) is 1. The van der Waals surface area contributed by atoms with Crippen LogP contribution in [0.2, 0.25) is 0 Å². The Morgan fingerprint density at radius 3 is 3.00 bits per heavy atom. The molecular formula is C16H13N3O4S. The minimum atomic E-state index is -1.10. The molecule has 4 rings (SSSR count). The van der Waals surface area contributed by atoms with Crippen molar-refractivity contribution in [3.05, 3.63) is 51.7 Å². The van der Waals surface area contributed by atoms with Crippen molar-refractivity contribution in [1.82, 2.24) is 9.72 Å². The van der Waals surface area contributed by atoms with E-state index in [0.29, 0.717) is 23.0 Å². The monoisotopic (exact) mass is 343 g/mol. The number of thiophene rings is 1. The van der Waals surface area contributed by atoms with Gasteiger partial charge in [-0.3, -0.25) is 9.36 Å². The number of rotatable bonds is 3.